The Morgan fingerprint density at radius 2 is 1.83 bits per heavy atom. The van der Waals surface area contributed by atoms with Crippen molar-refractivity contribution in [2.75, 3.05) is 39.5 Å². The Hall–Kier alpha value is -2.63. The second kappa shape index (κ2) is 10.8. The van der Waals surface area contributed by atoms with Crippen LogP contribution >= 0.6 is 0 Å². The topological polar surface area (TPSA) is 50.8 Å². The molecule has 2 aromatic carbocycles. The highest BCUT2D eigenvalue weighted by Crippen LogP contribution is 2.17. The number of nitrogens with one attached hydrogen (secondary N) is 1. The van der Waals surface area contributed by atoms with E-state index in [9.17, 15) is 4.79 Å². The summed E-state index contributed by atoms with van der Waals surface area (Å²) in [5, 5.41) is 3.17. The lowest BCUT2D eigenvalue weighted by Gasteiger charge is -2.31. The molecule has 29 heavy (non-hydrogen) atoms. The predicted octanol–water partition coefficient (Wildman–Crippen LogP) is 3.60. The van der Waals surface area contributed by atoms with Gasteiger partial charge in [0.15, 0.2) is 0 Å². The summed E-state index contributed by atoms with van der Waals surface area (Å²) in [7, 11) is 0. The Bertz CT molecular complexity index is 794. The van der Waals surface area contributed by atoms with Gasteiger partial charge in [0.25, 0.3) is 0 Å². The fraction of sp³-hybridized carbons (Fsp3) is 0.375. The van der Waals surface area contributed by atoms with Crippen LogP contribution in [-0.4, -0.2) is 50.3 Å². The molecule has 1 aliphatic rings. The molecule has 154 valence electrons. The highest BCUT2D eigenvalue weighted by Gasteiger charge is 2.19. The van der Waals surface area contributed by atoms with Crippen LogP contribution in [0.2, 0.25) is 0 Å². The van der Waals surface area contributed by atoms with E-state index < -0.39 is 0 Å². The molecule has 0 saturated carbocycles. The maximum absolute atomic E-state index is 12.6. The Labute approximate surface area is 173 Å². The van der Waals surface area contributed by atoms with Gasteiger partial charge in [-0.2, -0.15) is 0 Å². The van der Waals surface area contributed by atoms with Crippen LogP contribution in [0.1, 0.15) is 29.7 Å². The van der Waals surface area contributed by atoms with Crippen LogP contribution in [0.4, 0.5) is 0 Å². The molecule has 1 fully saturated rings. The van der Waals surface area contributed by atoms with E-state index in [4.69, 9.17) is 9.47 Å². The first-order valence-electron chi connectivity index (χ1n) is 10.2. The normalized spacial score (nSPS) is 15.9. The third-order valence-electron chi connectivity index (χ3n) is 4.96. The van der Waals surface area contributed by atoms with Crippen LogP contribution in [-0.2, 0) is 9.53 Å². The van der Waals surface area contributed by atoms with Crippen molar-refractivity contribution in [3.8, 4) is 5.75 Å². The van der Waals surface area contributed by atoms with Crippen LogP contribution in [0.5, 0.6) is 5.75 Å². The molecule has 0 unspecified atom stereocenters. The van der Waals surface area contributed by atoms with E-state index in [1.165, 1.54) is 5.56 Å². The minimum atomic E-state index is -0.0993. The van der Waals surface area contributed by atoms with E-state index >= 15 is 0 Å². The van der Waals surface area contributed by atoms with Crippen LogP contribution in [0.25, 0.3) is 6.08 Å². The van der Waals surface area contributed by atoms with Crippen LogP contribution in [0.15, 0.2) is 54.6 Å². The predicted molar refractivity (Wildman–Crippen MR) is 116 cm³/mol. The monoisotopic (exact) mass is 394 g/mol. The van der Waals surface area contributed by atoms with E-state index in [1.807, 2.05) is 37.3 Å². The number of aryl methyl sites for hydroxylation is 1. The molecule has 2 aromatic rings. The molecular weight excluding hydrogens is 364 g/mol. The molecule has 1 atom stereocenters. The van der Waals surface area contributed by atoms with Crippen LogP contribution in [0.3, 0.4) is 0 Å². The van der Waals surface area contributed by atoms with Gasteiger partial charge < -0.3 is 14.8 Å². The molecule has 1 heterocycles. The Morgan fingerprint density at radius 3 is 2.48 bits per heavy atom. The third-order valence-corrected chi connectivity index (χ3v) is 4.96. The number of hydrogen-bond acceptors (Lipinski definition) is 4. The summed E-state index contributed by atoms with van der Waals surface area (Å²) in [5.41, 5.74) is 3.29. The lowest BCUT2D eigenvalue weighted by atomic mass is 10.0. The van der Waals surface area contributed by atoms with E-state index in [0.29, 0.717) is 6.61 Å². The molecule has 1 saturated heterocycles. The number of hydrogen-bond donors (Lipinski definition) is 1. The van der Waals surface area contributed by atoms with Crippen molar-refractivity contribution in [2.45, 2.75) is 19.9 Å². The number of carbonyl (C=O) groups excluding carboxylic acids is 1. The summed E-state index contributed by atoms with van der Waals surface area (Å²) in [5.74, 6) is 0.733. The summed E-state index contributed by atoms with van der Waals surface area (Å²) in [4.78, 5) is 15.0. The molecule has 0 radical (unpaired) electrons. The second-order valence-corrected chi connectivity index (χ2v) is 7.22. The highest BCUT2D eigenvalue weighted by atomic mass is 16.5. The van der Waals surface area contributed by atoms with E-state index in [1.54, 1.807) is 6.08 Å². The fourth-order valence-corrected chi connectivity index (χ4v) is 3.31. The van der Waals surface area contributed by atoms with Crippen molar-refractivity contribution in [1.29, 1.82) is 0 Å². The van der Waals surface area contributed by atoms with Crippen LogP contribution < -0.4 is 10.1 Å². The first-order valence-corrected chi connectivity index (χ1v) is 10.2. The summed E-state index contributed by atoms with van der Waals surface area (Å²) in [6, 6.07) is 16.0. The van der Waals surface area contributed by atoms with Crippen LogP contribution in [0, 0.1) is 6.92 Å². The Balaban J connectivity index is 1.65. The third kappa shape index (κ3) is 6.73. The number of nitrogens with zero attached hydrogens (tertiary/aromatic N) is 1. The van der Waals surface area contributed by atoms with Gasteiger partial charge in [-0.3, -0.25) is 9.69 Å². The first-order chi connectivity index (χ1) is 14.1. The van der Waals surface area contributed by atoms with Gasteiger partial charge in [0.05, 0.1) is 25.9 Å². The molecule has 5 heteroatoms. The van der Waals surface area contributed by atoms with Gasteiger partial charge in [-0.05, 0) is 43.2 Å². The van der Waals surface area contributed by atoms with Gasteiger partial charge in [-0.25, -0.2) is 0 Å². The second-order valence-electron chi connectivity index (χ2n) is 7.22. The summed E-state index contributed by atoms with van der Waals surface area (Å²) in [6.45, 7) is 8.70. The number of carbonyl (C=O) groups is 1. The van der Waals surface area contributed by atoms with Crippen molar-refractivity contribution < 1.29 is 14.3 Å². The highest BCUT2D eigenvalue weighted by molar-refractivity contribution is 5.92. The van der Waals surface area contributed by atoms with E-state index in [-0.39, 0.29) is 11.9 Å². The lowest BCUT2D eigenvalue weighted by molar-refractivity contribution is -0.117. The molecule has 0 aliphatic carbocycles. The van der Waals surface area contributed by atoms with E-state index in [0.717, 1.165) is 49.7 Å². The largest absolute Gasteiger partial charge is 0.494 e. The average Bonchev–Trinajstić information content (AvgIpc) is 2.74. The minimum absolute atomic E-state index is 0.0637. The van der Waals surface area contributed by atoms with Gasteiger partial charge in [0, 0.05) is 25.7 Å². The number of amides is 1. The standard InChI is InChI=1S/C24H30N2O3/c1-3-29-22-11-6-20(7-12-22)8-13-24(27)25-23(18-26-14-16-28-17-15-26)21-9-4-19(2)5-10-21/h4-13,23H,3,14-18H2,1-2H3,(H,25,27)/b13-8+/t23-/m1/s1. The zero-order valence-electron chi connectivity index (χ0n) is 17.3. The minimum Gasteiger partial charge on any atom is -0.494 e. The zero-order valence-corrected chi connectivity index (χ0v) is 17.3. The van der Waals surface area contributed by atoms with Crippen molar-refractivity contribution in [2.24, 2.45) is 0 Å². The number of benzene rings is 2. The molecule has 0 spiro atoms. The molecule has 5 nitrogen and oxygen atoms in total. The number of ether oxygens (including phenoxy) is 2. The van der Waals surface area contributed by atoms with Crippen molar-refractivity contribution in [3.05, 3.63) is 71.3 Å². The van der Waals surface area contributed by atoms with Gasteiger partial charge in [0.2, 0.25) is 5.91 Å². The fourth-order valence-electron chi connectivity index (χ4n) is 3.31. The zero-order chi connectivity index (χ0) is 20.5. The van der Waals surface area contributed by atoms with Gasteiger partial charge in [-0.15, -0.1) is 0 Å². The molecule has 0 aromatic heterocycles. The quantitative estimate of drug-likeness (QED) is 0.695. The smallest absolute Gasteiger partial charge is 0.244 e. The van der Waals surface area contributed by atoms with E-state index in [2.05, 4.69) is 41.4 Å². The first kappa shape index (κ1) is 21.1. The molecular formula is C24H30N2O3. The maximum Gasteiger partial charge on any atom is 0.244 e. The molecule has 3 rings (SSSR count). The number of morpholine rings is 1. The van der Waals surface area contributed by atoms with Gasteiger partial charge in [0.1, 0.15) is 5.75 Å². The average molecular weight is 395 g/mol. The summed E-state index contributed by atoms with van der Waals surface area (Å²) >= 11 is 0. The Kier molecular flexibility index (Phi) is 7.85. The van der Waals surface area contributed by atoms with Gasteiger partial charge in [-0.1, -0.05) is 42.0 Å². The maximum atomic E-state index is 12.6. The van der Waals surface area contributed by atoms with Crippen molar-refractivity contribution in [1.82, 2.24) is 10.2 Å². The summed E-state index contributed by atoms with van der Waals surface area (Å²) < 4.78 is 10.9. The van der Waals surface area contributed by atoms with Crippen molar-refractivity contribution >= 4 is 12.0 Å². The molecule has 1 amide bonds. The Morgan fingerprint density at radius 1 is 1.14 bits per heavy atom. The lowest BCUT2D eigenvalue weighted by Crippen LogP contribution is -2.42. The van der Waals surface area contributed by atoms with Gasteiger partial charge >= 0.3 is 0 Å². The molecule has 1 aliphatic heterocycles. The SMILES string of the molecule is CCOc1ccc(/C=C/C(=O)N[C@H](CN2CCOCC2)c2ccc(C)cc2)cc1. The summed E-state index contributed by atoms with van der Waals surface area (Å²) in [6.07, 6.45) is 3.42. The molecule has 1 N–H and O–H groups in total. The molecule has 0 bridgehead atoms. The van der Waals surface area contributed by atoms with Crippen molar-refractivity contribution in [3.63, 3.8) is 0 Å². The number of rotatable bonds is 8.